The lowest BCUT2D eigenvalue weighted by atomic mass is 9.98. The molecule has 1 amide bonds. The number of hydrogen-bond acceptors (Lipinski definition) is 7. The zero-order chi connectivity index (χ0) is 21.4. The lowest BCUT2D eigenvalue weighted by Gasteiger charge is -2.30. The number of nitrogen functional groups attached to an aromatic ring is 1. The molecule has 31 heavy (non-hydrogen) atoms. The van der Waals surface area contributed by atoms with Gasteiger partial charge >= 0.3 is 0 Å². The van der Waals surface area contributed by atoms with Crippen LogP contribution in [0.2, 0.25) is 0 Å². The summed E-state index contributed by atoms with van der Waals surface area (Å²) in [6.45, 7) is 0. The van der Waals surface area contributed by atoms with E-state index in [2.05, 4.69) is 53.5 Å². The van der Waals surface area contributed by atoms with E-state index in [-0.39, 0.29) is 11.0 Å². The summed E-state index contributed by atoms with van der Waals surface area (Å²) >= 11 is 4.88. The van der Waals surface area contributed by atoms with Gasteiger partial charge in [-0.2, -0.15) is 0 Å². The highest BCUT2D eigenvalue weighted by atomic mass is 32.2. The summed E-state index contributed by atoms with van der Waals surface area (Å²) in [5.74, 6) is 0.207. The average Bonchev–Trinajstić information content (AvgIpc) is 3.17. The Kier molecular flexibility index (Phi) is 5.60. The normalized spacial score (nSPS) is 18.1. The first-order valence-corrected chi connectivity index (χ1v) is 12.6. The van der Waals surface area contributed by atoms with Gasteiger partial charge in [-0.3, -0.25) is 4.79 Å². The number of thioether (sulfide) groups is 2. The number of benzene rings is 2. The molecule has 0 saturated heterocycles. The number of nitrogens with two attached hydrogens (primary N) is 2. The molecule has 0 spiro atoms. The van der Waals surface area contributed by atoms with Crippen LogP contribution >= 0.6 is 34.9 Å². The van der Waals surface area contributed by atoms with Crippen LogP contribution in [0.5, 0.6) is 0 Å². The number of hydrogen-bond donors (Lipinski definition) is 2. The Morgan fingerprint density at radius 1 is 1.03 bits per heavy atom. The van der Waals surface area contributed by atoms with E-state index in [1.54, 1.807) is 11.3 Å². The number of rotatable bonds is 5. The van der Waals surface area contributed by atoms with Crippen LogP contribution in [-0.2, 0) is 11.2 Å². The number of thiophene rings is 1. The van der Waals surface area contributed by atoms with E-state index in [9.17, 15) is 4.79 Å². The van der Waals surface area contributed by atoms with Gasteiger partial charge in [-0.1, -0.05) is 72.4 Å². The highest BCUT2D eigenvalue weighted by Gasteiger charge is 2.34. The third-order valence-corrected chi connectivity index (χ3v) is 8.99. The molecule has 0 fully saturated rings. The molecule has 0 unspecified atom stereocenters. The molecule has 4 aromatic rings. The summed E-state index contributed by atoms with van der Waals surface area (Å²) in [6, 6.07) is 21.2. The molecule has 156 valence electrons. The van der Waals surface area contributed by atoms with Crippen molar-refractivity contribution in [2.24, 2.45) is 5.73 Å². The Morgan fingerprint density at radius 3 is 2.39 bits per heavy atom. The molecule has 0 radical (unpaired) electrons. The van der Waals surface area contributed by atoms with E-state index >= 15 is 0 Å². The van der Waals surface area contributed by atoms with Gasteiger partial charge in [-0.15, -0.1) is 23.1 Å². The molecule has 1 aliphatic heterocycles. The van der Waals surface area contributed by atoms with Crippen LogP contribution in [0.4, 0.5) is 5.82 Å². The van der Waals surface area contributed by atoms with Crippen molar-refractivity contribution in [3.63, 3.8) is 0 Å². The second-order valence-corrected chi connectivity index (χ2v) is 10.6. The molecule has 3 heterocycles. The monoisotopic (exact) mass is 464 g/mol. The second kappa shape index (κ2) is 8.53. The minimum absolute atomic E-state index is 0.134. The van der Waals surface area contributed by atoms with E-state index in [1.165, 1.54) is 33.3 Å². The fourth-order valence-electron chi connectivity index (χ4n) is 3.88. The third kappa shape index (κ3) is 4.03. The summed E-state index contributed by atoms with van der Waals surface area (Å²) in [5, 5.41) is 1.96. The molecule has 5 nitrogen and oxygen atoms in total. The Labute approximate surface area is 192 Å². The fraction of sp³-hybridized carbons (Fsp3) is 0.174. The van der Waals surface area contributed by atoms with Gasteiger partial charge in [-0.05, 0) is 23.1 Å². The van der Waals surface area contributed by atoms with E-state index in [1.807, 2.05) is 23.9 Å². The summed E-state index contributed by atoms with van der Waals surface area (Å²) < 4.78 is 0. The number of nitrogens with zero attached hydrogens (tertiary/aromatic N) is 2. The van der Waals surface area contributed by atoms with E-state index in [4.69, 9.17) is 16.5 Å². The second-order valence-electron chi connectivity index (χ2n) is 7.30. The van der Waals surface area contributed by atoms with E-state index < -0.39 is 5.91 Å². The van der Waals surface area contributed by atoms with Gasteiger partial charge < -0.3 is 11.5 Å². The largest absolute Gasteiger partial charge is 0.383 e. The molecular formula is C23H20N4OS3. The SMILES string of the molecule is NC(=O)CSc1nc(N)c2c3c(sc2n1)[C@H](c1ccccc1)S[C@H](c1ccccc1)C3. The number of anilines is 1. The zero-order valence-corrected chi connectivity index (χ0v) is 19.0. The van der Waals surface area contributed by atoms with Gasteiger partial charge in [0, 0.05) is 10.1 Å². The van der Waals surface area contributed by atoms with Crippen LogP contribution < -0.4 is 11.5 Å². The average molecular weight is 465 g/mol. The van der Waals surface area contributed by atoms with E-state index in [0.717, 1.165) is 16.6 Å². The first kappa shape index (κ1) is 20.4. The smallest absolute Gasteiger partial charge is 0.227 e. The minimum Gasteiger partial charge on any atom is -0.383 e. The van der Waals surface area contributed by atoms with Crippen LogP contribution in [0, 0.1) is 0 Å². The summed E-state index contributed by atoms with van der Waals surface area (Å²) in [4.78, 5) is 22.5. The van der Waals surface area contributed by atoms with Gasteiger partial charge in [0.1, 0.15) is 10.6 Å². The first-order chi connectivity index (χ1) is 15.1. The third-order valence-electron chi connectivity index (χ3n) is 5.23. The predicted molar refractivity (Wildman–Crippen MR) is 131 cm³/mol. The lowest BCUT2D eigenvalue weighted by molar-refractivity contribution is -0.115. The van der Waals surface area contributed by atoms with Gasteiger partial charge in [-0.25, -0.2) is 9.97 Å². The molecule has 0 bridgehead atoms. The highest BCUT2D eigenvalue weighted by molar-refractivity contribution is 8.00. The Balaban J connectivity index is 1.64. The molecule has 8 heteroatoms. The number of amides is 1. The quantitative estimate of drug-likeness (QED) is 0.320. The van der Waals surface area contributed by atoms with Gasteiger partial charge in [0.25, 0.3) is 0 Å². The van der Waals surface area contributed by atoms with Crippen molar-refractivity contribution < 1.29 is 4.79 Å². The molecule has 5 rings (SSSR count). The van der Waals surface area contributed by atoms with Crippen molar-refractivity contribution in [2.45, 2.75) is 22.1 Å². The molecule has 4 N–H and O–H groups in total. The summed E-state index contributed by atoms with van der Waals surface area (Å²) in [5.41, 5.74) is 15.5. The number of primary amides is 1. The molecular weight excluding hydrogens is 444 g/mol. The van der Waals surface area contributed by atoms with Gasteiger partial charge in [0.15, 0.2) is 5.16 Å². The zero-order valence-electron chi connectivity index (χ0n) is 16.5. The van der Waals surface area contributed by atoms with Crippen molar-refractivity contribution in [3.8, 4) is 0 Å². The van der Waals surface area contributed by atoms with Gasteiger partial charge in [0.05, 0.1) is 16.4 Å². The van der Waals surface area contributed by atoms with Crippen molar-refractivity contribution in [2.75, 3.05) is 11.5 Å². The van der Waals surface area contributed by atoms with Crippen molar-refractivity contribution in [3.05, 3.63) is 82.2 Å². The van der Waals surface area contributed by atoms with Gasteiger partial charge in [0.2, 0.25) is 5.91 Å². The van der Waals surface area contributed by atoms with Crippen LogP contribution in [0.15, 0.2) is 65.8 Å². The van der Waals surface area contributed by atoms with Crippen LogP contribution in [-0.4, -0.2) is 21.6 Å². The number of carbonyl (C=O) groups is 1. The maximum atomic E-state index is 11.2. The minimum atomic E-state index is -0.399. The Bertz CT molecular complexity index is 1240. The molecule has 1 aliphatic rings. The summed E-state index contributed by atoms with van der Waals surface area (Å²) in [6.07, 6.45) is 0.884. The van der Waals surface area contributed by atoms with Crippen LogP contribution in [0.25, 0.3) is 10.2 Å². The molecule has 2 aromatic carbocycles. The first-order valence-electron chi connectivity index (χ1n) is 9.85. The summed E-state index contributed by atoms with van der Waals surface area (Å²) in [7, 11) is 0. The Morgan fingerprint density at radius 2 is 1.71 bits per heavy atom. The van der Waals surface area contributed by atoms with Crippen molar-refractivity contribution in [1.29, 1.82) is 0 Å². The topological polar surface area (TPSA) is 94.9 Å². The lowest BCUT2D eigenvalue weighted by Crippen LogP contribution is -2.13. The van der Waals surface area contributed by atoms with Crippen molar-refractivity contribution in [1.82, 2.24) is 9.97 Å². The predicted octanol–water partition coefficient (Wildman–Crippen LogP) is 4.97. The molecule has 2 aromatic heterocycles. The number of carbonyl (C=O) groups excluding carboxylic acids is 1. The molecule has 0 saturated carbocycles. The van der Waals surface area contributed by atoms with Crippen LogP contribution in [0.1, 0.15) is 32.1 Å². The maximum absolute atomic E-state index is 11.2. The Hall–Kier alpha value is -2.55. The maximum Gasteiger partial charge on any atom is 0.227 e. The standard InChI is InChI=1S/C23H20N4OS3/c24-17(28)12-29-23-26-21(25)18-15-11-16(13-7-3-1-4-8-13)30-19(14-9-5-2-6-10-14)20(15)31-22(18)27-23/h1-10,16,19H,11-12H2,(H2,24,28)(H2,25,26,27)/t16-,19-/m0/s1. The fourth-order valence-corrected chi connectivity index (χ4v) is 7.55. The number of aromatic nitrogens is 2. The molecule has 0 aliphatic carbocycles. The van der Waals surface area contributed by atoms with Crippen LogP contribution in [0.3, 0.4) is 0 Å². The van der Waals surface area contributed by atoms with E-state index in [0.29, 0.717) is 16.2 Å². The highest BCUT2D eigenvalue weighted by Crippen LogP contribution is 2.55. The number of fused-ring (bicyclic) bond motifs is 3. The molecule has 2 atom stereocenters. The van der Waals surface area contributed by atoms with Crippen molar-refractivity contribution >= 4 is 56.8 Å².